The molecule has 1 aromatic carbocycles. The third-order valence-electron chi connectivity index (χ3n) is 2.47. The predicted octanol–water partition coefficient (Wildman–Crippen LogP) is 2.19. The molecule has 17 heavy (non-hydrogen) atoms. The number of carbonyl (C=O) groups excluding carboxylic acids is 1. The summed E-state index contributed by atoms with van der Waals surface area (Å²) >= 11 is 1.58. The number of hydrogen-bond donors (Lipinski definition) is 1. The molecule has 5 heteroatoms. The Kier molecular flexibility index (Phi) is 2.26. The van der Waals surface area contributed by atoms with Crippen molar-refractivity contribution in [1.29, 1.82) is 0 Å². The van der Waals surface area contributed by atoms with Crippen LogP contribution in [-0.2, 0) is 4.79 Å². The number of thiazole rings is 1. The number of aliphatic imine (C=N–C) groups is 1. The lowest BCUT2D eigenvalue weighted by Crippen LogP contribution is -2.21. The van der Waals surface area contributed by atoms with E-state index in [0.29, 0.717) is 11.5 Å². The van der Waals surface area contributed by atoms with Gasteiger partial charge in [-0.25, -0.2) is 9.98 Å². The highest BCUT2D eigenvalue weighted by molar-refractivity contribution is 7.16. The van der Waals surface area contributed by atoms with Gasteiger partial charge in [0.15, 0.2) is 0 Å². The second-order valence-corrected chi connectivity index (χ2v) is 4.65. The highest BCUT2D eigenvalue weighted by atomic mass is 32.1. The molecule has 0 spiro atoms. The summed E-state index contributed by atoms with van der Waals surface area (Å²) in [5.74, 6) is 0.493. The molecule has 1 aliphatic heterocycles. The van der Waals surface area contributed by atoms with Gasteiger partial charge in [-0.1, -0.05) is 6.07 Å². The van der Waals surface area contributed by atoms with Gasteiger partial charge < -0.3 is 5.32 Å². The van der Waals surface area contributed by atoms with Crippen molar-refractivity contribution in [3.8, 4) is 0 Å². The molecule has 3 rings (SSSR count). The van der Waals surface area contributed by atoms with E-state index in [4.69, 9.17) is 0 Å². The molecule has 1 N–H and O–H groups in total. The first-order chi connectivity index (χ1) is 8.22. The van der Waals surface area contributed by atoms with E-state index < -0.39 is 0 Å². The topological polar surface area (TPSA) is 54.4 Å². The normalized spacial score (nSPS) is 17.6. The summed E-state index contributed by atoms with van der Waals surface area (Å²) in [4.78, 5) is 19.8. The van der Waals surface area contributed by atoms with Gasteiger partial charge in [-0.05, 0) is 30.7 Å². The highest BCUT2D eigenvalue weighted by Crippen LogP contribution is 2.21. The smallest absolute Gasteiger partial charge is 0.275 e. The van der Waals surface area contributed by atoms with Crippen LogP contribution >= 0.6 is 11.3 Å². The zero-order chi connectivity index (χ0) is 11.8. The average Bonchev–Trinajstić information content (AvgIpc) is 2.85. The fourth-order valence-corrected chi connectivity index (χ4v) is 2.43. The van der Waals surface area contributed by atoms with Crippen LogP contribution in [0.2, 0.25) is 0 Å². The molecule has 4 nitrogen and oxygen atoms in total. The number of benzene rings is 1. The molecular formula is C12H9N3OS. The van der Waals surface area contributed by atoms with Gasteiger partial charge >= 0.3 is 0 Å². The molecule has 0 aliphatic carbocycles. The number of nitrogens with one attached hydrogen (secondary N) is 1. The van der Waals surface area contributed by atoms with Crippen LogP contribution in [0.4, 0.5) is 0 Å². The van der Waals surface area contributed by atoms with Gasteiger partial charge in [0.1, 0.15) is 11.5 Å². The number of aromatic nitrogens is 1. The van der Waals surface area contributed by atoms with Crippen molar-refractivity contribution in [1.82, 2.24) is 10.3 Å². The van der Waals surface area contributed by atoms with Gasteiger partial charge in [0, 0.05) is 0 Å². The Bertz CT molecular complexity index is 669. The molecule has 2 aromatic rings. The Morgan fingerprint density at radius 3 is 3.06 bits per heavy atom. The Hall–Kier alpha value is -2.01. The first-order valence-electron chi connectivity index (χ1n) is 5.14. The largest absolute Gasteiger partial charge is 0.309 e. The molecule has 0 atom stereocenters. The summed E-state index contributed by atoms with van der Waals surface area (Å²) in [7, 11) is 0. The lowest BCUT2D eigenvalue weighted by Gasteiger charge is -1.95. The average molecular weight is 243 g/mol. The summed E-state index contributed by atoms with van der Waals surface area (Å²) in [5, 5.41) is 2.65. The van der Waals surface area contributed by atoms with E-state index in [1.54, 1.807) is 24.3 Å². The predicted molar refractivity (Wildman–Crippen MR) is 68.8 cm³/mol. The Labute approximate surface area is 102 Å². The molecule has 1 aromatic heterocycles. The number of amides is 1. The van der Waals surface area contributed by atoms with Crippen molar-refractivity contribution in [3.63, 3.8) is 0 Å². The van der Waals surface area contributed by atoms with Crippen molar-refractivity contribution in [2.75, 3.05) is 0 Å². The zero-order valence-electron chi connectivity index (χ0n) is 9.10. The number of fused-ring (bicyclic) bond motifs is 1. The van der Waals surface area contributed by atoms with Gasteiger partial charge in [-0.2, -0.15) is 0 Å². The van der Waals surface area contributed by atoms with Crippen molar-refractivity contribution in [3.05, 3.63) is 35.0 Å². The van der Waals surface area contributed by atoms with Crippen LogP contribution in [0, 0.1) is 0 Å². The molecular weight excluding hydrogens is 234 g/mol. The Morgan fingerprint density at radius 2 is 2.29 bits per heavy atom. The minimum atomic E-state index is -0.146. The molecule has 0 unspecified atom stereocenters. The summed E-state index contributed by atoms with van der Waals surface area (Å²) in [5.41, 5.74) is 4.20. The van der Waals surface area contributed by atoms with E-state index in [0.717, 1.165) is 15.8 Å². The van der Waals surface area contributed by atoms with Gasteiger partial charge in [-0.15, -0.1) is 11.3 Å². The van der Waals surface area contributed by atoms with Crippen LogP contribution < -0.4 is 5.32 Å². The number of nitrogens with zero attached hydrogens (tertiary/aromatic N) is 2. The van der Waals surface area contributed by atoms with Crippen LogP contribution in [-0.4, -0.2) is 16.7 Å². The Morgan fingerprint density at radius 1 is 1.41 bits per heavy atom. The lowest BCUT2D eigenvalue weighted by molar-refractivity contribution is -0.115. The fourth-order valence-electron chi connectivity index (χ4n) is 1.70. The zero-order valence-corrected chi connectivity index (χ0v) is 9.91. The molecule has 0 saturated heterocycles. The maximum Gasteiger partial charge on any atom is 0.275 e. The second-order valence-electron chi connectivity index (χ2n) is 3.76. The summed E-state index contributed by atoms with van der Waals surface area (Å²) in [6.45, 7) is 1.77. The van der Waals surface area contributed by atoms with E-state index >= 15 is 0 Å². The second kappa shape index (κ2) is 3.78. The van der Waals surface area contributed by atoms with Crippen LogP contribution in [0.25, 0.3) is 16.3 Å². The number of hydrogen-bond acceptors (Lipinski definition) is 4. The molecule has 1 aliphatic rings. The Balaban J connectivity index is 2.04. The fraction of sp³-hybridized carbons (Fsp3) is 0.0833. The van der Waals surface area contributed by atoms with E-state index in [9.17, 15) is 4.79 Å². The van der Waals surface area contributed by atoms with Crippen molar-refractivity contribution in [2.45, 2.75) is 6.92 Å². The maximum absolute atomic E-state index is 11.5. The number of carbonyl (C=O) groups is 1. The van der Waals surface area contributed by atoms with Crippen LogP contribution in [0.5, 0.6) is 0 Å². The van der Waals surface area contributed by atoms with E-state index in [1.807, 2.05) is 23.7 Å². The van der Waals surface area contributed by atoms with Gasteiger partial charge in [-0.3, -0.25) is 4.79 Å². The third-order valence-corrected chi connectivity index (χ3v) is 3.27. The maximum atomic E-state index is 11.5. The number of amidine groups is 1. The van der Waals surface area contributed by atoms with Gasteiger partial charge in [0.2, 0.25) is 0 Å². The first kappa shape index (κ1) is 10.2. The molecule has 0 bridgehead atoms. The highest BCUT2D eigenvalue weighted by Gasteiger charge is 2.16. The molecule has 0 radical (unpaired) electrons. The third kappa shape index (κ3) is 1.85. The summed E-state index contributed by atoms with van der Waals surface area (Å²) in [6, 6.07) is 5.89. The first-order valence-corrected chi connectivity index (χ1v) is 6.02. The van der Waals surface area contributed by atoms with Crippen molar-refractivity contribution in [2.24, 2.45) is 4.99 Å². The monoisotopic (exact) mass is 243 g/mol. The minimum Gasteiger partial charge on any atom is -0.309 e. The van der Waals surface area contributed by atoms with E-state index in [2.05, 4.69) is 15.3 Å². The van der Waals surface area contributed by atoms with Crippen LogP contribution in [0.3, 0.4) is 0 Å². The summed E-state index contributed by atoms with van der Waals surface area (Å²) in [6.07, 6.45) is 1.78. The standard InChI is InChI=1S/C12H9N3OS/c1-7-14-10(12(16)15-7)4-8-2-3-9-11(5-8)17-6-13-9/h2-6H,1H3,(H,14,15,16)/b10-4-. The minimum absolute atomic E-state index is 0.146. The summed E-state index contributed by atoms with van der Waals surface area (Å²) < 4.78 is 1.11. The molecule has 0 saturated carbocycles. The van der Waals surface area contributed by atoms with E-state index in [1.165, 1.54) is 0 Å². The molecule has 84 valence electrons. The molecule has 1 amide bonds. The molecule has 2 heterocycles. The van der Waals surface area contributed by atoms with Crippen LogP contribution in [0.15, 0.2) is 34.4 Å². The number of rotatable bonds is 1. The lowest BCUT2D eigenvalue weighted by atomic mass is 10.2. The van der Waals surface area contributed by atoms with Gasteiger partial charge in [0.05, 0.1) is 15.7 Å². The molecule has 0 fully saturated rings. The van der Waals surface area contributed by atoms with E-state index in [-0.39, 0.29) is 5.91 Å². The van der Waals surface area contributed by atoms with Crippen molar-refractivity contribution >= 4 is 39.4 Å². The van der Waals surface area contributed by atoms with Crippen LogP contribution in [0.1, 0.15) is 12.5 Å². The SMILES string of the molecule is CC1=N/C(=C\c2ccc3ncsc3c2)C(=O)N1. The van der Waals surface area contributed by atoms with Gasteiger partial charge in [0.25, 0.3) is 5.91 Å². The quantitative estimate of drug-likeness (QED) is 0.780. The van der Waals surface area contributed by atoms with Crippen molar-refractivity contribution < 1.29 is 4.79 Å².